The number of benzene rings is 1. The second-order valence-electron chi connectivity index (χ2n) is 2.03. The van der Waals surface area contributed by atoms with Crippen molar-refractivity contribution < 1.29 is 8.91 Å². The minimum atomic E-state index is -0.585. The smallest absolute Gasteiger partial charge is 0.179 e. The minimum absolute atomic E-state index is 0.202. The average Bonchev–Trinajstić information content (AvgIpc) is 2.23. The van der Waals surface area contributed by atoms with E-state index in [0.29, 0.717) is 0 Å². The molecule has 2 N–H and O–H groups in total. The first-order valence-electron chi connectivity index (χ1n) is 4.55. The molecule has 0 atom stereocenters. The van der Waals surface area contributed by atoms with Crippen LogP contribution in [0.1, 0.15) is 14.5 Å². The molecular formula is C8H7Cl2NO. The van der Waals surface area contributed by atoms with Gasteiger partial charge in [-0.05, 0) is 18.1 Å². The second-order valence-corrected chi connectivity index (χ2v) is 2.68. The summed E-state index contributed by atoms with van der Waals surface area (Å²) < 4.78 is 22.3. The van der Waals surface area contributed by atoms with E-state index in [9.17, 15) is 4.79 Å². The van der Waals surface area contributed by atoms with Gasteiger partial charge in [-0.25, -0.2) is 0 Å². The van der Waals surface area contributed by atoms with Crippen molar-refractivity contribution >= 4 is 34.7 Å². The van der Waals surface area contributed by atoms with Crippen LogP contribution in [0.3, 0.4) is 0 Å². The van der Waals surface area contributed by atoms with Gasteiger partial charge in [0.05, 0.1) is 9.99 Å². The molecule has 0 aliphatic carbocycles. The molecule has 2 nitrogen and oxygen atoms in total. The fraction of sp³-hybridized carbons (Fsp3) is 0.125. The van der Waals surface area contributed by atoms with Crippen molar-refractivity contribution in [3.63, 3.8) is 0 Å². The highest BCUT2D eigenvalue weighted by Gasteiger charge is 2.07. The van der Waals surface area contributed by atoms with Crippen molar-refractivity contribution in [3.05, 3.63) is 28.7 Å². The minimum Gasteiger partial charge on any atom is -0.398 e. The summed E-state index contributed by atoms with van der Waals surface area (Å²) in [6.45, 7) is 0. The van der Waals surface area contributed by atoms with Gasteiger partial charge in [-0.1, -0.05) is 11.6 Å². The maximum atomic E-state index is 11.3. The van der Waals surface area contributed by atoms with E-state index >= 15 is 0 Å². The van der Waals surface area contributed by atoms with Crippen LogP contribution >= 0.6 is 23.2 Å². The zero-order valence-corrected chi connectivity index (χ0v) is 7.46. The Morgan fingerprint density at radius 3 is 2.92 bits per heavy atom. The predicted molar refractivity (Wildman–Crippen MR) is 50.9 cm³/mol. The van der Waals surface area contributed by atoms with Gasteiger partial charge in [-0.3, -0.25) is 4.79 Å². The number of carbonyl (C=O) groups excluding carboxylic acids is 1. The third-order valence-electron chi connectivity index (χ3n) is 1.21. The largest absolute Gasteiger partial charge is 0.398 e. The molecule has 1 aromatic carbocycles. The van der Waals surface area contributed by atoms with Crippen LogP contribution in [0.4, 0.5) is 5.69 Å². The number of rotatable bonds is 2. The number of nitrogen functional groups attached to an aromatic ring is 1. The van der Waals surface area contributed by atoms with E-state index in [2.05, 4.69) is 0 Å². The molecule has 0 unspecified atom stereocenters. The average molecular weight is 207 g/mol. The Labute approximate surface area is 84.5 Å². The zero-order chi connectivity index (χ0) is 11.7. The number of carbonyl (C=O) groups is 1. The molecule has 0 saturated heterocycles. The van der Waals surface area contributed by atoms with Gasteiger partial charge in [0.25, 0.3) is 0 Å². The van der Waals surface area contributed by atoms with Gasteiger partial charge >= 0.3 is 0 Å². The molecule has 12 heavy (non-hydrogen) atoms. The normalized spacial score (nSPS) is 13.3. The Bertz CT molecular complexity index is 407. The summed E-state index contributed by atoms with van der Waals surface area (Å²) in [5.74, 6) is -0.936. The molecule has 0 aliphatic heterocycles. The van der Waals surface area contributed by atoms with Crippen molar-refractivity contribution in [2.75, 3.05) is 11.6 Å². The summed E-state index contributed by atoms with van der Waals surface area (Å²) in [6.07, 6.45) is 0. The maximum Gasteiger partial charge on any atom is 0.179 e. The highest BCUT2D eigenvalue weighted by atomic mass is 35.5. The number of anilines is 1. The number of hydrogen-bond acceptors (Lipinski definition) is 2. The van der Waals surface area contributed by atoms with Crippen LogP contribution in [0.25, 0.3) is 0 Å². The summed E-state index contributed by atoms with van der Waals surface area (Å²) in [6, 6.07) is -1.09. The number of halogens is 2. The fourth-order valence-corrected chi connectivity index (χ4v) is 0.966. The molecule has 4 heteroatoms. The molecule has 0 fully saturated rings. The van der Waals surface area contributed by atoms with Crippen LogP contribution in [0.5, 0.6) is 0 Å². The van der Waals surface area contributed by atoms with Crippen molar-refractivity contribution in [1.82, 2.24) is 0 Å². The highest BCUT2D eigenvalue weighted by molar-refractivity contribution is 6.32. The topological polar surface area (TPSA) is 43.1 Å². The molecule has 0 amide bonds. The van der Waals surface area contributed by atoms with E-state index in [-0.39, 0.29) is 40.3 Å². The van der Waals surface area contributed by atoms with Gasteiger partial charge in [0.15, 0.2) is 5.78 Å². The van der Waals surface area contributed by atoms with Gasteiger partial charge in [0.2, 0.25) is 0 Å². The molecule has 0 bridgehead atoms. The van der Waals surface area contributed by atoms with Gasteiger partial charge in [0.1, 0.15) is 0 Å². The Balaban J connectivity index is 3.60. The fourth-order valence-electron chi connectivity index (χ4n) is 0.683. The lowest BCUT2D eigenvalue weighted by molar-refractivity contribution is 0.102. The molecule has 0 spiro atoms. The monoisotopic (exact) mass is 206 g/mol. The molecule has 1 aromatic rings. The van der Waals surface area contributed by atoms with E-state index in [4.69, 9.17) is 33.0 Å². The number of alkyl halides is 1. The standard InChI is InChI=1S/C8H7Cl2NO/c9-4-8(12)6-2-1-5(10)3-7(6)11/h1-3H,4,11H2/i1D,2D,3D. The Morgan fingerprint density at radius 1 is 1.67 bits per heavy atom. The van der Waals surface area contributed by atoms with Gasteiger partial charge in [0, 0.05) is 16.3 Å². The summed E-state index contributed by atoms with van der Waals surface area (Å²) >= 11 is 10.9. The Hall–Kier alpha value is -0.730. The van der Waals surface area contributed by atoms with Crippen LogP contribution < -0.4 is 5.73 Å². The number of ketones is 1. The third-order valence-corrected chi connectivity index (χ3v) is 1.64. The van der Waals surface area contributed by atoms with Crippen molar-refractivity contribution in [2.24, 2.45) is 0 Å². The van der Waals surface area contributed by atoms with Crippen molar-refractivity contribution in [1.29, 1.82) is 0 Å². The zero-order valence-electron chi connectivity index (χ0n) is 8.95. The van der Waals surface area contributed by atoms with Crippen LogP contribution in [0, 0.1) is 0 Å². The highest BCUT2D eigenvalue weighted by Crippen LogP contribution is 2.18. The summed E-state index contributed by atoms with van der Waals surface area (Å²) in [4.78, 5) is 11.3. The van der Waals surface area contributed by atoms with E-state index in [1.54, 1.807) is 0 Å². The second kappa shape index (κ2) is 3.78. The summed E-state index contributed by atoms with van der Waals surface area (Å²) in [5.41, 5.74) is 5.07. The molecule has 0 aromatic heterocycles. The SMILES string of the molecule is [2H]c1c([2H])c(C(=O)CCl)c(N)c([2H])c1Cl. The lowest BCUT2D eigenvalue weighted by Gasteiger charge is -2.01. The van der Waals surface area contributed by atoms with E-state index in [1.165, 1.54) is 0 Å². The molecule has 64 valence electrons. The third kappa shape index (κ3) is 1.90. The summed E-state index contributed by atoms with van der Waals surface area (Å²) in [7, 11) is 0. The number of nitrogens with two attached hydrogens (primary N) is 1. The van der Waals surface area contributed by atoms with Crippen LogP contribution in [-0.4, -0.2) is 11.7 Å². The van der Waals surface area contributed by atoms with E-state index in [0.717, 1.165) is 0 Å². The first-order valence-corrected chi connectivity index (χ1v) is 3.97. The molecule has 1 rings (SSSR count). The lowest BCUT2D eigenvalue weighted by Crippen LogP contribution is -2.04. The lowest BCUT2D eigenvalue weighted by atomic mass is 10.1. The van der Waals surface area contributed by atoms with Crippen LogP contribution in [0.2, 0.25) is 5.02 Å². The maximum absolute atomic E-state index is 11.3. The predicted octanol–water partition coefficient (Wildman–Crippen LogP) is 2.34. The summed E-state index contributed by atoms with van der Waals surface area (Å²) in [5, 5.41) is -0.233. The van der Waals surface area contributed by atoms with Gasteiger partial charge < -0.3 is 5.73 Å². The molecule has 0 saturated carbocycles. The Morgan fingerprint density at radius 2 is 2.33 bits per heavy atom. The van der Waals surface area contributed by atoms with Gasteiger partial charge in [-0.2, -0.15) is 0 Å². The first kappa shape index (κ1) is 5.84. The number of hydrogen-bond donors (Lipinski definition) is 1. The van der Waals surface area contributed by atoms with Crippen LogP contribution in [0.15, 0.2) is 18.1 Å². The van der Waals surface area contributed by atoms with E-state index in [1.807, 2.05) is 0 Å². The van der Waals surface area contributed by atoms with Gasteiger partial charge in [-0.15, -0.1) is 11.6 Å². The quantitative estimate of drug-likeness (QED) is 0.459. The molecule has 0 aliphatic rings. The molecule has 0 radical (unpaired) electrons. The van der Waals surface area contributed by atoms with Crippen molar-refractivity contribution in [2.45, 2.75) is 0 Å². The van der Waals surface area contributed by atoms with Crippen molar-refractivity contribution in [3.8, 4) is 0 Å². The molecule has 0 heterocycles. The number of Topliss-reactive ketones (excluding diaryl/α,β-unsaturated/α-hetero) is 1. The Kier molecular flexibility index (Phi) is 1.84. The first-order chi connectivity index (χ1) is 6.91. The van der Waals surface area contributed by atoms with E-state index < -0.39 is 5.78 Å². The molecular weight excluding hydrogens is 197 g/mol. The van der Waals surface area contributed by atoms with Crippen LogP contribution in [-0.2, 0) is 0 Å².